The van der Waals surface area contributed by atoms with Gasteiger partial charge in [0.15, 0.2) is 0 Å². The van der Waals surface area contributed by atoms with Gasteiger partial charge in [0.1, 0.15) is 0 Å². The number of amides is 1. The lowest BCUT2D eigenvalue weighted by molar-refractivity contribution is -0.384. The third-order valence-corrected chi connectivity index (χ3v) is 5.56. The molecule has 2 heterocycles. The Balaban J connectivity index is 1.91. The van der Waals surface area contributed by atoms with E-state index in [1.54, 1.807) is 6.07 Å². The molecule has 1 amide bonds. The van der Waals surface area contributed by atoms with E-state index in [0.717, 1.165) is 4.88 Å². The predicted molar refractivity (Wildman–Crippen MR) is 107 cm³/mol. The van der Waals surface area contributed by atoms with Crippen molar-refractivity contribution in [3.05, 3.63) is 56.3 Å². The average molecular weight is 419 g/mol. The second kappa shape index (κ2) is 9.48. The number of morpholine rings is 1. The molecule has 10 heteroatoms. The number of esters is 1. The third kappa shape index (κ3) is 5.09. The average Bonchev–Trinajstić information content (AvgIpc) is 3.28. The second-order valence-electron chi connectivity index (χ2n) is 6.38. The Morgan fingerprint density at radius 2 is 2.10 bits per heavy atom. The van der Waals surface area contributed by atoms with E-state index in [1.165, 1.54) is 30.6 Å². The molecule has 1 aliphatic rings. The van der Waals surface area contributed by atoms with E-state index in [9.17, 15) is 19.7 Å². The van der Waals surface area contributed by atoms with Crippen molar-refractivity contribution in [3.8, 4) is 0 Å². The lowest BCUT2D eigenvalue weighted by atomic mass is 10.1. The predicted octanol–water partition coefficient (Wildman–Crippen LogP) is 2.53. The number of nitrogens with zero attached hydrogens (tertiary/aromatic N) is 2. The summed E-state index contributed by atoms with van der Waals surface area (Å²) in [6, 6.07) is 7.28. The summed E-state index contributed by atoms with van der Waals surface area (Å²) >= 11 is 1.40. The van der Waals surface area contributed by atoms with Crippen LogP contribution in [-0.4, -0.2) is 50.2 Å². The van der Waals surface area contributed by atoms with Gasteiger partial charge in [0.2, 0.25) is 0 Å². The fourth-order valence-electron chi connectivity index (χ4n) is 3.10. The summed E-state index contributed by atoms with van der Waals surface area (Å²) in [5.41, 5.74) is 0.611. The van der Waals surface area contributed by atoms with Crippen LogP contribution in [-0.2, 0) is 14.3 Å². The van der Waals surface area contributed by atoms with Crippen molar-refractivity contribution in [1.82, 2.24) is 5.32 Å². The summed E-state index contributed by atoms with van der Waals surface area (Å²) in [6.45, 7) is 2.18. The van der Waals surface area contributed by atoms with Crippen molar-refractivity contribution in [1.29, 1.82) is 0 Å². The molecule has 1 saturated heterocycles. The number of anilines is 1. The second-order valence-corrected chi connectivity index (χ2v) is 7.36. The smallest absolute Gasteiger partial charge is 0.307 e. The third-order valence-electron chi connectivity index (χ3n) is 4.58. The summed E-state index contributed by atoms with van der Waals surface area (Å²) in [5, 5.41) is 15.9. The zero-order valence-corrected chi connectivity index (χ0v) is 16.6. The van der Waals surface area contributed by atoms with E-state index in [1.807, 2.05) is 22.4 Å². The van der Waals surface area contributed by atoms with E-state index in [4.69, 9.17) is 9.47 Å². The number of thiophene rings is 1. The molecule has 2 aromatic rings. The van der Waals surface area contributed by atoms with Gasteiger partial charge in [-0.1, -0.05) is 6.07 Å². The number of benzene rings is 1. The van der Waals surface area contributed by atoms with Crippen LogP contribution in [0, 0.1) is 10.1 Å². The summed E-state index contributed by atoms with van der Waals surface area (Å²) in [4.78, 5) is 38.4. The van der Waals surface area contributed by atoms with Crippen molar-refractivity contribution >= 4 is 34.6 Å². The van der Waals surface area contributed by atoms with Crippen LogP contribution >= 0.6 is 11.3 Å². The molecule has 1 aromatic heterocycles. The summed E-state index contributed by atoms with van der Waals surface area (Å²) in [5.74, 6) is -0.950. The number of carbonyl (C=O) groups excluding carboxylic acids is 2. The zero-order chi connectivity index (χ0) is 20.8. The number of non-ortho nitro benzene ring substituents is 1. The molecule has 29 heavy (non-hydrogen) atoms. The Morgan fingerprint density at radius 3 is 2.72 bits per heavy atom. The molecule has 154 valence electrons. The first-order valence-electron chi connectivity index (χ1n) is 9.02. The highest BCUT2D eigenvalue weighted by Crippen LogP contribution is 2.28. The molecule has 0 spiro atoms. The molecule has 0 radical (unpaired) electrons. The van der Waals surface area contributed by atoms with E-state index in [-0.39, 0.29) is 17.7 Å². The van der Waals surface area contributed by atoms with Crippen molar-refractivity contribution in [2.45, 2.75) is 12.5 Å². The molecular weight excluding hydrogens is 398 g/mol. The topological polar surface area (TPSA) is 111 Å². The number of carbonyl (C=O) groups is 2. The van der Waals surface area contributed by atoms with Crippen molar-refractivity contribution in [3.63, 3.8) is 0 Å². The molecule has 1 unspecified atom stereocenters. The van der Waals surface area contributed by atoms with Gasteiger partial charge in [0.05, 0.1) is 49.0 Å². The summed E-state index contributed by atoms with van der Waals surface area (Å²) < 4.78 is 10.1. The number of nitrogens with one attached hydrogen (secondary N) is 1. The van der Waals surface area contributed by atoms with Gasteiger partial charge in [0.25, 0.3) is 11.6 Å². The first-order chi connectivity index (χ1) is 14.0. The standard InChI is InChI=1S/C19H21N3O6S/c1-27-18(23)12-15(17-3-2-10-29-17)20-19(24)14-11-13(22(25)26)4-5-16(14)21-6-8-28-9-7-21/h2-5,10-11,15H,6-9,12H2,1H3,(H,20,24). The molecular formula is C19H21N3O6S. The first kappa shape index (κ1) is 20.7. The van der Waals surface area contributed by atoms with Crippen molar-refractivity contribution in [2.75, 3.05) is 38.3 Å². The minimum absolute atomic E-state index is 0.0371. The highest BCUT2D eigenvalue weighted by atomic mass is 32.1. The number of hydrogen-bond acceptors (Lipinski definition) is 8. The van der Waals surface area contributed by atoms with E-state index in [2.05, 4.69) is 5.32 Å². The van der Waals surface area contributed by atoms with Crippen LogP contribution in [0.25, 0.3) is 0 Å². The quantitative estimate of drug-likeness (QED) is 0.417. The number of nitro groups is 1. The number of methoxy groups -OCH3 is 1. The Labute approximate surface area is 171 Å². The molecule has 3 rings (SSSR count). The van der Waals surface area contributed by atoms with Gasteiger partial charge >= 0.3 is 5.97 Å². The number of ether oxygens (including phenoxy) is 2. The minimum atomic E-state index is -0.591. The van der Waals surface area contributed by atoms with Crippen LogP contribution in [0.5, 0.6) is 0 Å². The normalized spacial score (nSPS) is 14.9. The molecule has 1 N–H and O–H groups in total. The minimum Gasteiger partial charge on any atom is -0.469 e. The van der Waals surface area contributed by atoms with Crippen LogP contribution in [0.2, 0.25) is 0 Å². The lowest BCUT2D eigenvalue weighted by Gasteiger charge is -2.30. The van der Waals surface area contributed by atoms with E-state index >= 15 is 0 Å². The van der Waals surface area contributed by atoms with Gasteiger partial charge in [-0.2, -0.15) is 0 Å². The maximum atomic E-state index is 13.1. The van der Waals surface area contributed by atoms with Crippen molar-refractivity contribution < 1.29 is 24.0 Å². The Kier molecular flexibility index (Phi) is 6.78. The van der Waals surface area contributed by atoms with E-state index in [0.29, 0.717) is 32.0 Å². The fourth-order valence-corrected chi connectivity index (χ4v) is 3.88. The molecule has 9 nitrogen and oxygen atoms in total. The van der Waals surface area contributed by atoms with Crippen molar-refractivity contribution in [2.24, 2.45) is 0 Å². The lowest BCUT2D eigenvalue weighted by Crippen LogP contribution is -2.38. The van der Waals surface area contributed by atoms with Crippen LogP contribution in [0.1, 0.15) is 27.7 Å². The summed E-state index contributed by atoms with van der Waals surface area (Å²) in [6.07, 6.45) is -0.0371. The molecule has 1 aromatic carbocycles. The molecule has 1 fully saturated rings. The maximum Gasteiger partial charge on any atom is 0.307 e. The largest absolute Gasteiger partial charge is 0.469 e. The van der Waals surface area contributed by atoms with Gasteiger partial charge < -0.3 is 19.7 Å². The highest BCUT2D eigenvalue weighted by molar-refractivity contribution is 7.10. The zero-order valence-electron chi connectivity index (χ0n) is 15.8. The number of rotatable bonds is 7. The van der Waals surface area contributed by atoms with Gasteiger partial charge in [-0.15, -0.1) is 11.3 Å². The SMILES string of the molecule is COC(=O)CC(NC(=O)c1cc([N+](=O)[O-])ccc1N1CCOCC1)c1cccs1. The first-order valence-corrected chi connectivity index (χ1v) is 9.89. The highest BCUT2D eigenvalue weighted by Gasteiger charge is 2.26. The fraction of sp³-hybridized carbons (Fsp3) is 0.368. The number of hydrogen-bond donors (Lipinski definition) is 1. The maximum absolute atomic E-state index is 13.1. The van der Waals surface area contributed by atoms with Gasteiger partial charge in [-0.05, 0) is 17.5 Å². The molecule has 1 aliphatic heterocycles. The summed E-state index contributed by atoms with van der Waals surface area (Å²) in [7, 11) is 1.28. The molecule has 0 saturated carbocycles. The van der Waals surface area contributed by atoms with Gasteiger partial charge in [-0.25, -0.2) is 0 Å². The Hall–Kier alpha value is -2.98. The molecule has 1 atom stereocenters. The van der Waals surface area contributed by atoms with Crippen LogP contribution in [0.15, 0.2) is 35.7 Å². The van der Waals surface area contributed by atoms with Crippen LogP contribution < -0.4 is 10.2 Å². The van der Waals surface area contributed by atoms with Crippen LogP contribution in [0.4, 0.5) is 11.4 Å². The monoisotopic (exact) mass is 419 g/mol. The molecule has 0 aliphatic carbocycles. The number of nitro benzene ring substituents is 1. The molecule has 0 bridgehead atoms. The Morgan fingerprint density at radius 1 is 1.34 bits per heavy atom. The van der Waals surface area contributed by atoms with E-state index < -0.39 is 22.8 Å². The van der Waals surface area contributed by atoms with Gasteiger partial charge in [0, 0.05) is 30.1 Å². The van der Waals surface area contributed by atoms with Gasteiger partial charge in [-0.3, -0.25) is 19.7 Å². The van der Waals surface area contributed by atoms with Crippen LogP contribution in [0.3, 0.4) is 0 Å². The Bertz CT molecular complexity index is 880.